The molecule has 0 radical (unpaired) electrons. The molecule has 4 rings (SSSR count). The lowest BCUT2D eigenvalue weighted by Gasteiger charge is -2.33. The first-order chi connectivity index (χ1) is 15.7. The van der Waals surface area contributed by atoms with Crippen LogP contribution in [0.1, 0.15) is 33.6 Å². The van der Waals surface area contributed by atoms with Crippen molar-refractivity contribution >= 4 is 30.4 Å². The van der Waals surface area contributed by atoms with Gasteiger partial charge in [-0.05, 0) is 39.0 Å². The number of amides is 2. The first-order valence-electron chi connectivity index (χ1n) is 11.3. The van der Waals surface area contributed by atoms with E-state index < -0.39 is 0 Å². The van der Waals surface area contributed by atoms with E-state index in [1.54, 1.807) is 11.0 Å². The summed E-state index contributed by atoms with van der Waals surface area (Å²) in [5.74, 6) is -0.380. The van der Waals surface area contributed by atoms with Crippen molar-refractivity contribution in [3.63, 3.8) is 0 Å². The van der Waals surface area contributed by atoms with E-state index >= 15 is 0 Å². The Morgan fingerprint density at radius 3 is 2.39 bits per heavy atom. The highest BCUT2D eigenvalue weighted by Crippen LogP contribution is 2.31. The molecule has 3 aliphatic rings. The fraction of sp³-hybridized carbons (Fsp3) is 0.609. The van der Waals surface area contributed by atoms with Crippen molar-refractivity contribution in [3.05, 3.63) is 24.0 Å². The summed E-state index contributed by atoms with van der Waals surface area (Å²) in [5.41, 5.74) is 0.816. The topological polar surface area (TPSA) is 91.4 Å². The van der Waals surface area contributed by atoms with Gasteiger partial charge in [0.1, 0.15) is 17.5 Å². The first kappa shape index (κ1) is 24.8. The zero-order valence-electron chi connectivity index (χ0n) is 19.5. The zero-order chi connectivity index (χ0) is 24.0. The van der Waals surface area contributed by atoms with Gasteiger partial charge in [-0.2, -0.15) is 0 Å². The van der Waals surface area contributed by atoms with E-state index in [0.717, 1.165) is 31.6 Å². The molecule has 0 bridgehead atoms. The lowest BCUT2D eigenvalue weighted by atomic mass is 10.1. The van der Waals surface area contributed by atoms with Gasteiger partial charge in [0.2, 0.25) is 0 Å². The van der Waals surface area contributed by atoms with Crippen LogP contribution in [-0.4, -0.2) is 80.9 Å². The Balaban J connectivity index is 0.000000383. The molecule has 182 valence electrons. The molecule has 3 aliphatic heterocycles. The Kier molecular flexibility index (Phi) is 8.12. The Bertz CT molecular complexity index is 839. The van der Waals surface area contributed by atoms with Gasteiger partial charge in [-0.15, -0.1) is 0 Å². The van der Waals surface area contributed by atoms with Gasteiger partial charge >= 0.3 is 6.03 Å². The quantitative estimate of drug-likeness (QED) is 0.668. The maximum absolute atomic E-state index is 14.8. The minimum atomic E-state index is -0.380. The second-order valence-corrected chi connectivity index (χ2v) is 9.33. The minimum Gasteiger partial charge on any atom is -0.464 e. The summed E-state index contributed by atoms with van der Waals surface area (Å²) in [5, 5.41) is 3.28. The number of carbonyl (C=O) groups excluding carboxylic acids is 3. The Hall–Kier alpha value is -2.88. The van der Waals surface area contributed by atoms with Crippen LogP contribution in [-0.2, 0) is 19.1 Å². The number of fused-ring (bicyclic) bond motifs is 1. The van der Waals surface area contributed by atoms with Gasteiger partial charge in [-0.25, -0.2) is 9.18 Å². The van der Waals surface area contributed by atoms with Gasteiger partial charge in [-0.1, -0.05) is 0 Å². The molecule has 3 saturated heterocycles. The molecule has 1 aromatic rings. The predicted molar refractivity (Wildman–Crippen MR) is 122 cm³/mol. The molecule has 10 heteroatoms. The molecule has 3 fully saturated rings. The molecule has 0 aromatic heterocycles. The molecule has 0 saturated carbocycles. The normalized spacial score (nSPS) is 21.2. The lowest BCUT2D eigenvalue weighted by molar-refractivity contribution is -0.138. The number of benzene rings is 1. The Morgan fingerprint density at radius 2 is 1.85 bits per heavy atom. The van der Waals surface area contributed by atoms with Gasteiger partial charge in [0, 0.05) is 57.8 Å². The van der Waals surface area contributed by atoms with Crippen LogP contribution >= 0.6 is 0 Å². The van der Waals surface area contributed by atoms with E-state index in [-0.39, 0.29) is 29.6 Å². The molecule has 2 amide bonds. The SMILES string of the molecule is CC(C)(C)OC=O.O=COC1CCN(c2ccc(N3C[C@@H]4CNCCN4C3=O)c(F)c2)CC1. The number of nitrogens with one attached hydrogen (secondary N) is 1. The van der Waals surface area contributed by atoms with E-state index in [0.29, 0.717) is 44.8 Å². The summed E-state index contributed by atoms with van der Waals surface area (Å²) in [6, 6.07) is 5.05. The predicted octanol–water partition coefficient (Wildman–Crippen LogP) is 2.14. The van der Waals surface area contributed by atoms with Crippen molar-refractivity contribution in [2.24, 2.45) is 0 Å². The third-order valence-corrected chi connectivity index (χ3v) is 5.90. The fourth-order valence-corrected chi connectivity index (χ4v) is 4.21. The van der Waals surface area contributed by atoms with Crippen LogP contribution in [0.2, 0.25) is 0 Å². The van der Waals surface area contributed by atoms with Crippen molar-refractivity contribution in [1.82, 2.24) is 10.2 Å². The standard InChI is InChI=1S/C18H23FN4O3.C5H10O2/c19-16-9-13(21-6-3-15(4-7-21)26-12-24)1-2-17(16)23-11-14-10-20-5-8-22(14)18(23)25;1-5(2,3)7-4-6/h1-2,9,12,14-15,20H,3-8,10-11H2;4H,1-3H3/t14-;/m0./s1. The number of anilines is 2. The summed E-state index contributed by atoms with van der Waals surface area (Å²) in [6.45, 7) is 10.5. The van der Waals surface area contributed by atoms with E-state index in [4.69, 9.17) is 4.74 Å². The third kappa shape index (κ3) is 6.34. The summed E-state index contributed by atoms with van der Waals surface area (Å²) < 4.78 is 24.3. The number of piperidine rings is 1. The van der Waals surface area contributed by atoms with Crippen molar-refractivity contribution in [1.29, 1.82) is 0 Å². The van der Waals surface area contributed by atoms with Crippen molar-refractivity contribution in [3.8, 4) is 0 Å². The molecule has 0 aliphatic carbocycles. The van der Waals surface area contributed by atoms with E-state index in [2.05, 4.69) is 15.0 Å². The van der Waals surface area contributed by atoms with Gasteiger partial charge in [0.15, 0.2) is 0 Å². The van der Waals surface area contributed by atoms with Crippen LogP contribution < -0.4 is 15.1 Å². The molecule has 1 atom stereocenters. The maximum atomic E-state index is 14.8. The summed E-state index contributed by atoms with van der Waals surface area (Å²) in [6.07, 6.45) is 1.41. The molecular formula is C23H33FN4O5. The second kappa shape index (κ2) is 10.8. The molecular weight excluding hydrogens is 431 g/mol. The fourth-order valence-electron chi connectivity index (χ4n) is 4.21. The molecule has 3 heterocycles. The van der Waals surface area contributed by atoms with Gasteiger partial charge < -0.3 is 24.6 Å². The van der Waals surface area contributed by atoms with E-state index in [1.807, 2.05) is 31.7 Å². The monoisotopic (exact) mass is 464 g/mol. The largest absolute Gasteiger partial charge is 0.464 e. The van der Waals surface area contributed by atoms with Crippen LogP contribution in [0.4, 0.5) is 20.6 Å². The number of carbonyl (C=O) groups is 3. The summed E-state index contributed by atoms with van der Waals surface area (Å²) in [7, 11) is 0. The van der Waals surface area contributed by atoms with Crippen molar-refractivity contribution in [2.45, 2.75) is 51.4 Å². The lowest BCUT2D eigenvalue weighted by Crippen LogP contribution is -2.49. The van der Waals surface area contributed by atoms with E-state index in [9.17, 15) is 18.8 Å². The highest BCUT2D eigenvalue weighted by Gasteiger charge is 2.40. The van der Waals surface area contributed by atoms with Crippen LogP contribution in [0, 0.1) is 5.82 Å². The number of nitrogens with zero attached hydrogens (tertiary/aromatic N) is 3. The Morgan fingerprint density at radius 1 is 1.12 bits per heavy atom. The summed E-state index contributed by atoms with van der Waals surface area (Å²) >= 11 is 0. The second-order valence-electron chi connectivity index (χ2n) is 9.33. The van der Waals surface area contributed by atoms with Gasteiger partial charge in [0.25, 0.3) is 12.9 Å². The molecule has 33 heavy (non-hydrogen) atoms. The van der Waals surface area contributed by atoms with Crippen LogP contribution in [0.25, 0.3) is 0 Å². The number of hydrogen-bond donors (Lipinski definition) is 1. The summed E-state index contributed by atoms with van der Waals surface area (Å²) in [4.78, 5) is 38.1. The molecule has 0 unspecified atom stereocenters. The number of halogens is 1. The number of rotatable bonds is 5. The molecule has 1 N–H and O–H groups in total. The van der Waals surface area contributed by atoms with Gasteiger partial charge in [-0.3, -0.25) is 14.5 Å². The Labute approximate surface area is 193 Å². The number of urea groups is 1. The van der Waals surface area contributed by atoms with Crippen LogP contribution in [0.3, 0.4) is 0 Å². The highest BCUT2D eigenvalue weighted by atomic mass is 19.1. The smallest absolute Gasteiger partial charge is 0.325 e. The van der Waals surface area contributed by atoms with Crippen LogP contribution in [0.15, 0.2) is 18.2 Å². The van der Waals surface area contributed by atoms with Crippen molar-refractivity contribution in [2.75, 3.05) is 49.1 Å². The first-order valence-corrected chi connectivity index (χ1v) is 11.3. The average Bonchev–Trinajstić information content (AvgIpc) is 3.11. The average molecular weight is 465 g/mol. The minimum absolute atomic E-state index is 0.0545. The third-order valence-electron chi connectivity index (χ3n) is 5.90. The highest BCUT2D eigenvalue weighted by molar-refractivity contribution is 5.95. The number of ether oxygens (including phenoxy) is 2. The molecule has 1 aromatic carbocycles. The molecule has 9 nitrogen and oxygen atoms in total. The van der Waals surface area contributed by atoms with Crippen molar-refractivity contribution < 1.29 is 28.2 Å². The number of piperazine rings is 1. The maximum Gasteiger partial charge on any atom is 0.325 e. The van der Waals surface area contributed by atoms with Gasteiger partial charge in [0.05, 0.1) is 11.7 Å². The molecule has 0 spiro atoms. The van der Waals surface area contributed by atoms with Crippen LogP contribution in [0.5, 0.6) is 0 Å². The van der Waals surface area contributed by atoms with E-state index in [1.165, 1.54) is 6.07 Å². The zero-order valence-corrected chi connectivity index (χ0v) is 19.5. The number of hydrogen-bond acceptors (Lipinski definition) is 7.